The number of sulfone groups is 1. The van der Waals surface area contributed by atoms with Crippen molar-refractivity contribution in [1.82, 2.24) is 0 Å². The van der Waals surface area contributed by atoms with Crippen molar-refractivity contribution in [3.05, 3.63) is 23.3 Å². The topological polar surface area (TPSA) is 69.7 Å². The molecule has 6 heteroatoms. The summed E-state index contributed by atoms with van der Waals surface area (Å²) in [6.07, 6.45) is 6.44. The molecular weight excluding hydrogens is 304 g/mol. The van der Waals surface area contributed by atoms with Gasteiger partial charge in [0.15, 0.2) is 15.6 Å². The van der Waals surface area contributed by atoms with Gasteiger partial charge in [-0.1, -0.05) is 25.3 Å². The average molecular weight is 326 g/mol. The third-order valence-electron chi connectivity index (χ3n) is 4.17. The molecule has 1 aliphatic rings. The molecule has 0 unspecified atom stereocenters. The summed E-state index contributed by atoms with van der Waals surface area (Å²) in [5.74, 6) is -0.312. The summed E-state index contributed by atoms with van der Waals surface area (Å²) in [6.45, 7) is 0. The van der Waals surface area contributed by atoms with Crippen molar-refractivity contribution in [2.24, 2.45) is 0 Å². The Balaban J connectivity index is 2.66. The van der Waals surface area contributed by atoms with Crippen LogP contribution in [0, 0.1) is 0 Å². The zero-order chi connectivity index (χ0) is 16.3. The molecule has 0 radical (unpaired) electrons. The van der Waals surface area contributed by atoms with E-state index in [2.05, 4.69) is 0 Å². The summed E-state index contributed by atoms with van der Waals surface area (Å²) in [7, 11) is -0.886. The highest BCUT2D eigenvalue weighted by Crippen LogP contribution is 2.41. The minimum absolute atomic E-state index is 0.0948. The SMILES string of the molecule is COC(=O)c1ccc(C2CCCCC2)c(S(C)(=O)=O)c1OC. The molecular formula is C16H22O5S. The van der Waals surface area contributed by atoms with Gasteiger partial charge in [-0.3, -0.25) is 0 Å². The standard InChI is InChI=1S/C16H22O5S/c1-20-14-13(16(17)21-2)10-9-12(15(14)22(3,18)19)11-7-5-4-6-8-11/h9-11H,4-8H2,1-3H3. The molecule has 0 atom stereocenters. The molecule has 0 heterocycles. The van der Waals surface area contributed by atoms with Crippen molar-refractivity contribution in [3.8, 4) is 5.75 Å². The molecule has 0 aromatic heterocycles. The first-order chi connectivity index (χ1) is 10.4. The van der Waals surface area contributed by atoms with Gasteiger partial charge < -0.3 is 9.47 Å². The molecule has 1 aliphatic carbocycles. The Labute approximate surface area is 131 Å². The number of carbonyl (C=O) groups is 1. The summed E-state index contributed by atoms with van der Waals surface area (Å²) in [5, 5.41) is 0. The predicted molar refractivity (Wildman–Crippen MR) is 83.3 cm³/mol. The molecule has 22 heavy (non-hydrogen) atoms. The van der Waals surface area contributed by atoms with E-state index in [1.165, 1.54) is 20.6 Å². The monoisotopic (exact) mass is 326 g/mol. The lowest BCUT2D eigenvalue weighted by Crippen LogP contribution is -2.15. The molecule has 0 N–H and O–H groups in total. The molecule has 0 saturated heterocycles. The van der Waals surface area contributed by atoms with Gasteiger partial charge in [0.25, 0.3) is 0 Å². The Hall–Kier alpha value is -1.56. The lowest BCUT2D eigenvalue weighted by molar-refractivity contribution is 0.0596. The summed E-state index contributed by atoms with van der Waals surface area (Å²) < 4.78 is 34.6. The van der Waals surface area contributed by atoms with Crippen molar-refractivity contribution in [1.29, 1.82) is 0 Å². The lowest BCUT2D eigenvalue weighted by atomic mass is 9.83. The van der Waals surface area contributed by atoms with Crippen LogP contribution in [-0.2, 0) is 14.6 Å². The summed E-state index contributed by atoms with van der Waals surface area (Å²) in [6, 6.07) is 3.34. The molecule has 1 aromatic carbocycles. The molecule has 1 saturated carbocycles. The fourth-order valence-electron chi connectivity index (χ4n) is 3.17. The maximum atomic E-state index is 12.3. The Morgan fingerprint density at radius 3 is 2.27 bits per heavy atom. The van der Waals surface area contributed by atoms with Crippen LogP contribution in [0.3, 0.4) is 0 Å². The highest BCUT2D eigenvalue weighted by atomic mass is 32.2. The number of esters is 1. The highest BCUT2D eigenvalue weighted by Gasteiger charge is 2.29. The van der Waals surface area contributed by atoms with Gasteiger partial charge in [0, 0.05) is 6.26 Å². The fourth-order valence-corrected chi connectivity index (χ4v) is 4.36. The summed E-state index contributed by atoms with van der Waals surface area (Å²) in [4.78, 5) is 12.0. The van der Waals surface area contributed by atoms with E-state index in [-0.39, 0.29) is 22.1 Å². The van der Waals surface area contributed by atoms with Crippen LogP contribution in [0.2, 0.25) is 0 Å². The van der Waals surface area contributed by atoms with Gasteiger partial charge in [-0.25, -0.2) is 13.2 Å². The summed E-state index contributed by atoms with van der Waals surface area (Å²) >= 11 is 0. The number of ether oxygens (including phenoxy) is 2. The van der Waals surface area contributed by atoms with Crippen LogP contribution in [-0.4, -0.2) is 34.9 Å². The van der Waals surface area contributed by atoms with E-state index >= 15 is 0 Å². The first-order valence-corrected chi connectivity index (χ1v) is 9.28. The van der Waals surface area contributed by atoms with Crippen molar-refractivity contribution in [2.75, 3.05) is 20.5 Å². The van der Waals surface area contributed by atoms with Gasteiger partial charge in [0.05, 0.1) is 14.2 Å². The zero-order valence-electron chi connectivity index (χ0n) is 13.2. The van der Waals surface area contributed by atoms with Gasteiger partial charge in [-0.05, 0) is 30.4 Å². The molecule has 0 amide bonds. The Morgan fingerprint density at radius 1 is 1.14 bits per heavy atom. The first kappa shape index (κ1) is 16.8. The van der Waals surface area contributed by atoms with Crippen molar-refractivity contribution in [2.45, 2.75) is 42.9 Å². The second-order valence-corrected chi connectivity index (χ2v) is 7.62. The van der Waals surface area contributed by atoms with Crippen molar-refractivity contribution < 1.29 is 22.7 Å². The predicted octanol–water partition coefficient (Wildman–Crippen LogP) is 2.93. The molecule has 1 fully saturated rings. The van der Waals surface area contributed by atoms with E-state index in [0.717, 1.165) is 37.5 Å². The second-order valence-electron chi connectivity index (χ2n) is 5.66. The van der Waals surface area contributed by atoms with E-state index in [1.54, 1.807) is 12.1 Å². The van der Waals surface area contributed by atoms with Crippen LogP contribution in [0.15, 0.2) is 17.0 Å². The maximum Gasteiger partial charge on any atom is 0.341 e. The van der Waals surface area contributed by atoms with Crippen LogP contribution in [0.5, 0.6) is 5.75 Å². The van der Waals surface area contributed by atoms with E-state index < -0.39 is 15.8 Å². The Kier molecular flexibility index (Phi) is 5.11. The fraction of sp³-hybridized carbons (Fsp3) is 0.562. The third kappa shape index (κ3) is 3.27. The largest absolute Gasteiger partial charge is 0.494 e. The van der Waals surface area contributed by atoms with E-state index in [1.807, 2.05) is 0 Å². The van der Waals surface area contributed by atoms with Crippen molar-refractivity contribution in [3.63, 3.8) is 0 Å². The Bertz CT molecular complexity index is 657. The molecule has 122 valence electrons. The van der Waals surface area contributed by atoms with Crippen LogP contribution in [0.25, 0.3) is 0 Å². The summed E-state index contributed by atoms with van der Waals surface area (Å²) in [5.41, 5.74) is 0.900. The third-order valence-corrected chi connectivity index (χ3v) is 5.33. The van der Waals surface area contributed by atoms with E-state index in [4.69, 9.17) is 9.47 Å². The number of methoxy groups -OCH3 is 2. The maximum absolute atomic E-state index is 12.3. The molecule has 5 nitrogen and oxygen atoms in total. The van der Waals surface area contributed by atoms with Gasteiger partial charge >= 0.3 is 5.97 Å². The van der Waals surface area contributed by atoms with Crippen molar-refractivity contribution >= 4 is 15.8 Å². The van der Waals surface area contributed by atoms with Crippen LogP contribution >= 0.6 is 0 Å². The average Bonchev–Trinajstić information content (AvgIpc) is 2.52. The van der Waals surface area contributed by atoms with E-state index in [0.29, 0.717) is 0 Å². The zero-order valence-corrected chi connectivity index (χ0v) is 14.0. The first-order valence-electron chi connectivity index (χ1n) is 7.39. The molecule has 0 spiro atoms. The lowest BCUT2D eigenvalue weighted by Gasteiger charge is -2.25. The van der Waals surface area contributed by atoms with Gasteiger partial charge in [0.1, 0.15) is 10.5 Å². The van der Waals surface area contributed by atoms with Gasteiger partial charge in [-0.15, -0.1) is 0 Å². The minimum atomic E-state index is -3.52. The number of hydrogen-bond donors (Lipinski definition) is 0. The van der Waals surface area contributed by atoms with Gasteiger partial charge in [0.2, 0.25) is 0 Å². The normalized spacial score (nSPS) is 16.3. The second kappa shape index (κ2) is 6.69. The number of benzene rings is 1. The smallest absolute Gasteiger partial charge is 0.341 e. The van der Waals surface area contributed by atoms with Crippen LogP contribution in [0.1, 0.15) is 53.9 Å². The van der Waals surface area contributed by atoms with Gasteiger partial charge in [-0.2, -0.15) is 0 Å². The Morgan fingerprint density at radius 2 is 1.77 bits per heavy atom. The number of hydrogen-bond acceptors (Lipinski definition) is 5. The molecule has 1 aromatic rings. The number of rotatable bonds is 4. The molecule has 2 rings (SSSR count). The van der Waals surface area contributed by atoms with Crippen LogP contribution < -0.4 is 4.74 Å². The minimum Gasteiger partial charge on any atom is -0.494 e. The highest BCUT2D eigenvalue weighted by molar-refractivity contribution is 7.90. The van der Waals surface area contributed by atoms with Crippen LogP contribution in [0.4, 0.5) is 0 Å². The quantitative estimate of drug-likeness (QED) is 0.796. The molecule has 0 aliphatic heterocycles. The van der Waals surface area contributed by atoms with E-state index in [9.17, 15) is 13.2 Å². The molecule has 0 bridgehead atoms. The number of carbonyl (C=O) groups excluding carboxylic acids is 1.